The zero-order chi connectivity index (χ0) is 30.2. The van der Waals surface area contributed by atoms with Crippen LogP contribution in [0.3, 0.4) is 0 Å². The largest absolute Gasteiger partial charge is 0.297 e. The van der Waals surface area contributed by atoms with E-state index in [2.05, 4.69) is 0 Å². The number of hydrogen-bond donors (Lipinski definition) is 6. The second-order valence-corrected chi connectivity index (χ2v) is 15.7. The van der Waals surface area contributed by atoms with Gasteiger partial charge < -0.3 is 0 Å². The Morgan fingerprint density at radius 2 is 0.605 bits per heavy atom. The molecule has 0 saturated heterocycles. The van der Waals surface area contributed by atoms with Crippen LogP contribution >= 0.6 is 23.2 Å². The Labute approximate surface area is 223 Å². The number of rotatable bonds is 7. The Balaban J connectivity index is 3.87. The second kappa shape index (κ2) is 9.54. The van der Waals surface area contributed by atoms with Gasteiger partial charge in [-0.1, -0.05) is 23.2 Å². The van der Waals surface area contributed by atoms with Crippen LogP contribution in [0.2, 0.25) is 10.0 Å². The minimum Gasteiger partial charge on any atom is -0.282 e. The summed E-state index contributed by atoms with van der Waals surface area (Å²) in [6, 6.07) is -0.486. The van der Waals surface area contributed by atoms with Gasteiger partial charge in [-0.2, -0.15) is 50.5 Å². The lowest BCUT2D eigenvalue weighted by molar-refractivity contribution is 0.462. The molecule has 0 aliphatic heterocycles. The van der Waals surface area contributed by atoms with Gasteiger partial charge in [0, 0.05) is 11.1 Å². The molecule has 2 rings (SSSR count). The first-order valence-corrected chi connectivity index (χ1v) is 17.5. The van der Waals surface area contributed by atoms with E-state index in [0.717, 1.165) is 0 Å². The van der Waals surface area contributed by atoms with Crippen molar-refractivity contribution in [3.63, 3.8) is 0 Å². The minimum absolute atomic E-state index is 0.243. The lowest BCUT2D eigenvalue weighted by Gasteiger charge is -2.21. The smallest absolute Gasteiger partial charge is 0.282 e. The second-order valence-electron chi connectivity index (χ2n) is 6.63. The molecule has 6 N–H and O–H groups in total. The molecule has 38 heavy (non-hydrogen) atoms. The van der Waals surface area contributed by atoms with Crippen LogP contribution in [0.15, 0.2) is 41.5 Å². The first kappa shape index (κ1) is 32.7. The third-order valence-corrected chi connectivity index (χ3v) is 10.7. The maximum Gasteiger partial charge on any atom is 0.297 e. The van der Waals surface area contributed by atoms with Gasteiger partial charge in [-0.3, -0.25) is 27.3 Å². The summed E-state index contributed by atoms with van der Waals surface area (Å²) in [6.07, 6.45) is 0. The highest BCUT2D eigenvalue weighted by molar-refractivity contribution is 7.90. The third-order valence-electron chi connectivity index (χ3n) is 4.15. The predicted molar refractivity (Wildman–Crippen MR) is 121 cm³/mol. The Morgan fingerprint density at radius 3 is 0.763 bits per heavy atom. The van der Waals surface area contributed by atoms with Crippen LogP contribution in [-0.4, -0.2) is 77.8 Å². The molecule has 26 heteroatoms. The maximum atomic E-state index is 12.2. The number of halogens is 2. The first-order chi connectivity index (χ1) is 16.5. The highest BCUT2D eigenvalue weighted by atomic mass is 35.5. The van der Waals surface area contributed by atoms with Crippen molar-refractivity contribution in [1.82, 2.24) is 0 Å². The van der Waals surface area contributed by atoms with Crippen LogP contribution in [0.1, 0.15) is 0 Å². The summed E-state index contributed by atoms with van der Waals surface area (Å²) in [5.74, 6) is 0. The molecule has 0 aromatic heterocycles. The van der Waals surface area contributed by atoms with Gasteiger partial charge in [0.05, 0.1) is 10.0 Å². The molecule has 0 fully saturated rings. The van der Waals surface area contributed by atoms with Crippen molar-refractivity contribution in [2.45, 2.75) is 29.4 Å². The molecule has 0 amide bonds. The van der Waals surface area contributed by atoms with Gasteiger partial charge >= 0.3 is 0 Å². The summed E-state index contributed by atoms with van der Waals surface area (Å²) in [7, 11) is -37.0. The fraction of sp³-hybridized carbons (Fsp3) is 0. The summed E-state index contributed by atoms with van der Waals surface area (Å²) in [5.41, 5.74) is -4.62. The Bertz CT molecular complexity index is 1910. The summed E-state index contributed by atoms with van der Waals surface area (Å²) in [5, 5.41) is -3.27. The van der Waals surface area contributed by atoms with Gasteiger partial charge in [0.2, 0.25) is 0 Å². The van der Waals surface area contributed by atoms with E-state index in [9.17, 15) is 77.8 Å². The van der Waals surface area contributed by atoms with Gasteiger partial charge in [-0.05, 0) is 12.1 Å². The zero-order valence-electron chi connectivity index (χ0n) is 16.9. The van der Waals surface area contributed by atoms with Crippen LogP contribution in [0, 0.1) is 0 Å². The Kier molecular flexibility index (Phi) is 8.21. The highest BCUT2D eigenvalue weighted by Gasteiger charge is 2.43. The van der Waals surface area contributed by atoms with Crippen molar-refractivity contribution < 1.29 is 77.8 Å². The van der Waals surface area contributed by atoms with Crippen molar-refractivity contribution >= 4 is 83.9 Å². The number of hydrogen-bond acceptors (Lipinski definition) is 12. The molecule has 0 bridgehead atoms. The van der Waals surface area contributed by atoms with Crippen LogP contribution in [0.4, 0.5) is 0 Å². The molecular formula is C12H8Cl2O18S6. The van der Waals surface area contributed by atoms with Crippen LogP contribution < -0.4 is 0 Å². The molecular weight excluding hydrogens is 695 g/mol. The first-order valence-electron chi connectivity index (χ1n) is 8.10. The molecule has 0 atom stereocenters. The molecule has 2 aromatic rings. The van der Waals surface area contributed by atoms with E-state index in [1.165, 1.54) is 0 Å². The normalized spacial score (nSPS) is 14.0. The van der Waals surface area contributed by atoms with Gasteiger partial charge in [0.15, 0.2) is 0 Å². The van der Waals surface area contributed by atoms with Crippen molar-refractivity contribution in [3.8, 4) is 11.1 Å². The average Bonchev–Trinajstić information content (AvgIpc) is 2.61. The molecule has 0 aliphatic carbocycles. The fourth-order valence-electron chi connectivity index (χ4n) is 3.03. The van der Waals surface area contributed by atoms with Crippen LogP contribution in [-0.2, 0) is 60.7 Å². The molecule has 0 aliphatic rings. The summed E-state index contributed by atoms with van der Waals surface area (Å²) >= 11 is 11.0. The van der Waals surface area contributed by atoms with E-state index in [0.29, 0.717) is 0 Å². The topological polar surface area (TPSA) is 326 Å². The van der Waals surface area contributed by atoms with E-state index < -0.39 is 111 Å². The monoisotopic (exact) mass is 702 g/mol. The van der Waals surface area contributed by atoms with Crippen molar-refractivity contribution in [2.75, 3.05) is 0 Å². The highest BCUT2D eigenvalue weighted by Crippen LogP contribution is 2.48. The van der Waals surface area contributed by atoms with Gasteiger partial charge in [-0.25, -0.2) is 0 Å². The van der Waals surface area contributed by atoms with Crippen molar-refractivity contribution in [3.05, 3.63) is 22.2 Å². The van der Waals surface area contributed by atoms with E-state index in [-0.39, 0.29) is 12.1 Å². The van der Waals surface area contributed by atoms with Gasteiger partial charge in [-0.15, -0.1) is 0 Å². The van der Waals surface area contributed by atoms with E-state index >= 15 is 0 Å². The van der Waals surface area contributed by atoms with E-state index in [4.69, 9.17) is 23.2 Å². The number of benzene rings is 2. The predicted octanol–water partition coefficient (Wildman–Crippen LogP) is 0.141. The lowest BCUT2D eigenvalue weighted by Crippen LogP contribution is -2.19. The Morgan fingerprint density at radius 1 is 0.395 bits per heavy atom. The van der Waals surface area contributed by atoms with E-state index in [1.807, 2.05) is 0 Å². The maximum absolute atomic E-state index is 12.2. The standard InChI is InChI=1S/C12H8Cl2O18S6/c13-3-1-5(33(15,16)17)7(11(37(27,28)29)9(3)35(21,22)23)8-6(34(18,19)20)2-4(14)10(36(24,25)26)12(8)38(30,31)32/h1-2H,(H,15,16,17)(H,18,19,20)(H,21,22,23)(H,24,25,26)(H,27,28,29)(H,30,31,32). The molecule has 0 radical (unpaired) electrons. The van der Waals surface area contributed by atoms with Gasteiger partial charge in [0.25, 0.3) is 60.7 Å². The van der Waals surface area contributed by atoms with Gasteiger partial charge in [0.1, 0.15) is 29.4 Å². The van der Waals surface area contributed by atoms with Crippen LogP contribution in [0.25, 0.3) is 11.1 Å². The summed E-state index contributed by atoms with van der Waals surface area (Å²) < 4.78 is 202. The molecule has 0 heterocycles. The Hall–Kier alpha value is -1.52. The van der Waals surface area contributed by atoms with Crippen molar-refractivity contribution in [2.24, 2.45) is 0 Å². The molecule has 2 aromatic carbocycles. The lowest BCUT2D eigenvalue weighted by atomic mass is 10.0. The molecule has 18 nitrogen and oxygen atoms in total. The molecule has 0 saturated carbocycles. The SMILES string of the molecule is O=S(=O)(O)c1cc(Cl)c(S(=O)(=O)O)c(S(=O)(=O)O)c1-c1c(S(=O)(=O)O)cc(Cl)c(S(=O)(=O)O)c1S(=O)(=O)O. The molecule has 0 unspecified atom stereocenters. The quantitative estimate of drug-likeness (QED) is 0.209. The average molecular weight is 703 g/mol. The zero-order valence-corrected chi connectivity index (χ0v) is 23.4. The van der Waals surface area contributed by atoms with E-state index in [1.54, 1.807) is 0 Å². The van der Waals surface area contributed by atoms with Crippen molar-refractivity contribution in [1.29, 1.82) is 0 Å². The minimum atomic E-state index is -6.38. The molecule has 214 valence electrons. The summed E-state index contributed by atoms with van der Waals surface area (Å²) in [4.78, 5) is -13.6. The third kappa shape index (κ3) is 6.28. The van der Waals surface area contributed by atoms with Crippen LogP contribution in [0.5, 0.6) is 0 Å². The fourth-order valence-corrected chi connectivity index (χ4v) is 10.0. The summed E-state index contributed by atoms with van der Waals surface area (Å²) in [6.45, 7) is 0. The molecule has 0 spiro atoms.